The molecule has 0 spiro atoms. The first kappa shape index (κ1) is 25.2. The fraction of sp³-hybridized carbons (Fsp3) is 0.500. The van der Waals surface area contributed by atoms with E-state index < -0.39 is 23.8 Å². The largest absolute Gasteiger partial charge is 0.380 e. The minimum absolute atomic E-state index is 0.00170. The number of carbonyl (C=O) groups is 1. The van der Waals surface area contributed by atoms with E-state index in [0.29, 0.717) is 16.1 Å². The zero-order valence-corrected chi connectivity index (χ0v) is 21.0. The first-order valence-electron chi connectivity index (χ1n) is 13.0. The Kier molecular flexibility index (Phi) is 7.58. The molecule has 2 aliphatic carbocycles. The number of hydrogen-bond acceptors (Lipinski definition) is 3. The molecule has 1 amide bonds. The summed E-state index contributed by atoms with van der Waals surface area (Å²) in [5, 5.41) is 15.1. The average molecular weight is 516 g/mol. The molecule has 2 aliphatic rings. The van der Waals surface area contributed by atoms with Crippen molar-refractivity contribution in [2.24, 2.45) is 5.92 Å². The van der Waals surface area contributed by atoms with Gasteiger partial charge in [0.2, 0.25) is 5.91 Å². The Morgan fingerprint density at radius 2 is 1.67 bits per heavy atom. The van der Waals surface area contributed by atoms with E-state index in [2.05, 4.69) is 10.3 Å². The van der Waals surface area contributed by atoms with Gasteiger partial charge in [0.25, 0.3) is 0 Å². The van der Waals surface area contributed by atoms with Crippen molar-refractivity contribution in [1.29, 1.82) is 0 Å². The van der Waals surface area contributed by atoms with Crippen LogP contribution >= 0.6 is 11.6 Å². The number of imidazole rings is 1. The van der Waals surface area contributed by atoms with Crippen molar-refractivity contribution in [3.8, 4) is 0 Å². The monoisotopic (exact) mass is 515 g/mol. The molecule has 2 fully saturated rings. The number of fused-ring (bicyclic) bond motifs is 1. The molecule has 0 radical (unpaired) electrons. The molecule has 3 aromatic rings. The molecule has 2 N–H and O–H groups in total. The molecular weight excluding hydrogens is 484 g/mol. The first-order valence-corrected chi connectivity index (χ1v) is 13.4. The SMILES string of the molecule is O=C(NC1CCCCC1)C(C1CCCCC1)n1c(C(O)c2cccc(Cl)c2)nc2cc(F)c(F)cc21. The first-order chi connectivity index (χ1) is 17.4. The summed E-state index contributed by atoms with van der Waals surface area (Å²) in [5.74, 6) is -1.98. The Bertz CT molecular complexity index is 1240. The average Bonchev–Trinajstić information content (AvgIpc) is 3.23. The standard InChI is InChI=1S/C28H32ClF2N3O2/c29-19-11-7-10-18(14-19)26(35)27-33-23-15-21(30)22(31)16-24(23)34(27)25(17-8-3-1-4-9-17)28(36)32-20-12-5-2-6-13-20/h7,10-11,14-17,20,25-26,35H,1-6,8-9,12-13H2,(H,32,36). The number of hydrogen-bond donors (Lipinski definition) is 2. The lowest BCUT2D eigenvalue weighted by Gasteiger charge is -2.34. The number of carbonyl (C=O) groups excluding carboxylic acids is 1. The molecule has 1 aromatic heterocycles. The molecule has 5 nitrogen and oxygen atoms in total. The molecule has 2 unspecified atom stereocenters. The third-order valence-electron chi connectivity index (χ3n) is 7.76. The lowest BCUT2D eigenvalue weighted by atomic mass is 9.82. The topological polar surface area (TPSA) is 67.2 Å². The fourth-order valence-electron chi connectivity index (χ4n) is 5.95. The van der Waals surface area contributed by atoms with Gasteiger partial charge in [-0.2, -0.15) is 0 Å². The van der Waals surface area contributed by atoms with E-state index in [1.165, 1.54) is 6.42 Å². The van der Waals surface area contributed by atoms with E-state index in [1.54, 1.807) is 28.8 Å². The van der Waals surface area contributed by atoms with E-state index in [4.69, 9.17) is 11.6 Å². The second-order valence-corrected chi connectivity index (χ2v) is 10.7. The third kappa shape index (κ3) is 5.14. The predicted molar refractivity (Wildman–Crippen MR) is 136 cm³/mol. The molecule has 2 aromatic carbocycles. The molecule has 0 bridgehead atoms. The Hall–Kier alpha value is -2.51. The number of rotatable bonds is 6. The van der Waals surface area contributed by atoms with Crippen molar-refractivity contribution < 1.29 is 18.7 Å². The van der Waals surface area contributed by atoms with Crippen LogP contribution in [0.25, 0.3) is 11.0 Å². The van der Waals surface area contributed by atoms with Gasteiger partial charge in [0.15, 0.2) is 11.6 Å². The highest BCUT2D eigenvalue weighted by Crippen LogP contribution is 2.39. The van der Waals surface area contributed by atoms with Crippen LogP contribution in [-0.4, -0.2) is 26.6 Å². The van der Waals surface area contributed by atoms with Gasteiger partial charge in [-0.25, -0.2) is 13.8 Å². The lowest BCUT2D eigenvalue weighted by Crippen LogP contribution is -2.44. The number of nitrogens with one attached hydrogen (secondary N) is 1. The Morgan fingerprint density at radius 1 is 1.00 bits per heavy atom. The van der Waals surface area contributed by atoms with Crippen LogP contribution in [0.5, 0.6) is 0 Å². The van der Waals surface area contributed by atoms with Gasteiger partial charge in [0, 0.05) is 23.2 Å². The third-order valence-corrected chi connectivity index (χ3v) is 8.00. The van der Waals surface area contributed by atoms with Gasteiger partial charge in [-0.1, -0.05) is 62.3 Å². The highest BCUT2D eigenvalue weighted by Gasteiger charge is 2.37. The molecule has 1 heterocycles. The maximum atomic E-state index is 14.5. The maximum Gasteiger partial charge on any atom is 0.243 e. The molecule has 0 saturated heterocycles. The summed E-state index contributed by atoms with van der Waals surface area (Å²) < 4.78 is 30.4. The predicted octanol–water partition coefficient (Wildman–Crippen LogP) is 6.62. The molecular formula is C28H32ClF2N3O2. The van der Waals surface area contributed by atoms with E-state index >= 15 is 0 Å². The summed E-state index contributed by atoms with van der Waals surface area (Å²) in [5.41, 5.74) is 1.01. The molecule has 192 valence electrons. The Labute approximate surface area is 214 Å². The number of amides is 1. The van der Waals surface area contributed by atoms with Crippen LogP contribution in [0.1, 0.15) is 87.7 Å². The number of aliphatic hydroxyl groups is 1. The van der Waals surface area contributed by atoms with Crippen molar-refractivity contribution in [1.82, 2.24) is 14.9 Å². The van der Waals surface area contributed by atoms with Crippen molar-refractivity contribution in [2.45, 2.75) is 82.4 Å². The summed E-state index contributed by atoms with van der Waals surface area (Å²) >= 11 is 6.18. The molecule has 8 heteroatoms. The summed E-state index contributed by atoms with van der Waals surface area (Å²) in [6.07, 6.45) is 8.78. The van der Waals surface area contributed by atoms with Crippen LogP contribution in [0.15, 0.2) is 36.4 Å². The van der Waals surface area contributed by atoms with Gasteiger partial charge in [-0.05, 0) is 49.3 Å². The number of benzene rings is 2. The summed E-state index contributed by atoms with van der Waals surface area (Å²) in [6, 6.07) is 8.32. The minimum Gasteiger partial charge on any atom is -0.380 e. The van der Waals surface area contributed by atoms with E-state index in [-0.39, 0.29) is 29.2 Å². The summed E-state index contributed by atoms with van der Waals surface area (Å²) in [4.78, 5) is 18.5. The molecule has 0 aliphatic heterocycles. The summed E-state index contributed by atoms with van der Waals surface area (Å²) in [7, 11) is 0. The van der Waals surface area contributed by atoms with E-state index in [9.17, 15) is 18.7 Å². The second kappa shape index (κ2) is 10.9. The van der Waals surface area contributed by atoms with Gasteiger partial charge in [0.1, 0.15) is 18.0 Å². The van der Waals surface area contributed by atoms with Crippen LogP contribution in [-0.2, 0) is 4.79 Å². The smallest absolute Gasteiger partial charge is 0.243 e. The van der Waals surface area contributed by atoms with Gasteiger partial charge >= 0.3 is 0 Å². The van der Waals surface area contributed by atoms with Crippen LogP contribution in [0.4, 0.5) is 8.78 Å². The Balaban J connectivity index is 1.65. The molecule has 2 atom stereocenters. The van der Waals surface area contributed by atoms with Crippen molar-refractivity contribution >= 4 is 28.5 Å². The van der Waals surface area contributed by atoms with E-state index in [1.807, 2.05) is 0 Å². The van der Waals surface area contributed by atoms with Gasteiger partial charge in [-0.3, -0.25) is 4.79 Å². The zero-order valence-electron chi connectivity index (χ0n) is 20.2. The molecule has 2 saturated carbocycles. The number of aromatic nitrogens is 2. The van der Waals surface area contributed by atoms with Crippen LogP contribution in [0.3, 0.4) is 0 Å². The normalized spacial score (nSPS) is 19.3. The van der Waals surface area contributed by atoms with Crippen LogP contribution in [0, 0.1) is 17.6 Å². The second-order valence-electron chi connectivity index (χ2n) is 10.2. The molecule has 36 heavy (non-hydrogen) atoms. The van der Waals surface area contributed by atoms with Gasteiger partial charge in [0.05, 0.1) is 11.0 Å². The number of nitrogens with zero attached hydrogens (tertiary/aromatic N) is 2. The lowest BCUT2D eigenvalue weighted by molar-refractivity contribution is -0.127. The number of aliphatic hydroxyl groups excluding tert-OH is 1. The van der Waals surface area contributed by atoms with Crippen molar-refractivity contribution in [2.75, 3.05) is 0 Å². The zero-order chi connectivity index (χ0) is 25.2. The van der Waals surface area contributed by atoms with Gasteiger partial charge < -0.3 is 15.0 Å². The van der Waals surface area contributed by atoms with Crippen molar-refractivity contribution in [3.05, 3.63) is 64.4 Å². The van der Waals surface area contributed by atoms with Crippen molar-refractivity contribution in [3.63, 3.8) is 0 Å². The van der Waals surface area contributed by atoms with Gasteiger partial charge in [-0.15, -0.1) is 0 Å². The fourth-order valence-corrected chi connectivity index (χ4v) is 6.14. The minimum atomic E-state index is -1.23. The molecule has 5 rings (SSSR count). The quantitative estimate of drug-likeness (QED) is 0.387. The maximum absolute atomic E-state index is 14.5. The highest BCUT2D eigenvalue weighted by molar-refractivity contribution is 6.30. The number of halogens is 3. The van der Waals surface area contributed by atoms with E-state index in [0.717, 1.165) is 69.9 Å². The van der Waals surface area contributed by atoms with Crippen LogP contribution in [0.2, 0.25) is 5.02 Å². The van der Waals surface area contributed by atoms with Crippen LogP contribution < -0.4 is 5.32 Å². The summed E-state index contributed by atoms with van der Waals surface area (Å²) in [6.45, 7) is 0. The highest BCUT2D eigenvalue weighted by atomic mass is 35.5. The Morgan fingerprint density at radius 3 is 2.36 bits per heavy atom.